The molecule has 0 heterocycles. The summed E-state index contributed by atoms with van der Waals surface area (Å²) in [6, 6.07) is 16.3. The summed E-state index contributed by atoms with van der Waals surface area (Å²) >= 11 is 0. The van der Waals surface area contributed by atoms with Crippen molar-refractivity contribution in [2.45, 2.75) is 37.1 Å². The van der Waals surface area contributed by atoms with Crippen LogP contribution in [0, 0.1) is 0 Å². The Hall–Kier alpha value is -2.38. The Morgan fingerprint density at radius 1 is 1.07 bits per heavy atom. The first-order valence-electron chi connectivity index (χ1n) is 9.70. The highest BCUT2D eigenvalue weighted by atomic mass is 32.2. The Labute approximate surface area is 167 Å². The number of para-hydroxylation sites is 1. The summed E-state index contributed by atoms with van der Waals surface area (Å²) in [5.41, 5.74) is 1.63. The predicted octanol–water partition coefficient (Wildman–Crippen LogP) is 2.77. The Bertz CT molecular complexity index is 879. The van der Waals surface area contributed by atoms with Crippen LogP contribution in [0.5, 0.6) is 0 Å². The second-order valence-corrected chi connectivity index (χ2v) is 8.66. The highest BCUT2D eigenvalue weighted by Gasteiger charge is 2.27. The number of carbonyl (C=O) groups is 1. The SMILES string of the molecule is CCN(CCCNC(=O)c1ccc(S(=O)(=O)NC2CC2)cc1)c1ccccc1. The molecule has 3 rings (SSSR count). The summed E-state index contributed by atoms with van der Waals surface area (Å²) in [7, 11) is -3.49. The first-order valence-corrected chi connectivity index (χ1v) is 11.2. The van der Waals surface area contributed by atoms with Crippen LogP contribution in [0.4, 0.5) is 5.69 Å². The van der Waals surface area contributed by atoms with Crippen LogP contribution < -0.4 is 14.9 Å². The molecule has 2 N–H and O–H groups in total. The lowest BCUT2D eigenvalue weighted by Crippen LogP contribution is -2.30. The van der Waals surface area contributed by atoms with Gasteiger partial charge in [0.2, 0.25) is 10.0 Å². The molecule has 0 atom stereocenters. The van der Waals surface area contributed by atoms with Gasteiger partial charge in [0.25, 0.3) is 5.91 Å². The van der Waals surface area contributed by atoms with Gasteiger partial charge >= 0.3 is 0 Å². The second kappa shape index (κ2) is 9.21. The molecule has 0 bridgehead atoms. The van der Waals surface area contributed by atoms with Crippen molar-refractivity contribution in [1.29, 1.82) is 0 Å². The van der Waals surface area contributed by atoms with E-state index in [0.29, 0.717) is 12.1 Å². The third-order valence-corrected chi connectivity index (χ3v) is 6.26. The zero-order valence-electron chi connectivity index (χ0n) is 16.1. The lowest BCUT2D eigenvalue weighted by molar-refractivity contribution is 0.0953. The zero-order valence-corrected chi connectivity index (χ0v) is 16.9. The number of hydrogen-bond acceptors (Lipinski definition) is 4. The van der Waals surface area contributed by atoms with Crippen LogP contribution in [0.15, 0.2) is 59.5 Å². The van der Waals surface area contributed by atoms with E-state index in [9.17, 15) is 13.2 Å². The Morgan fingerprint density at radius 2 is 1.75 bits per heavy atom. The average molecular weight is 402 g/mol. The van der Waals surface area contributed by atoms with Crippen molar-refractivity contribution in [3.63, 3.8) is 0 Å². The van der Waals surface area contributed by atoms with Crippen LogP contribution in [0.2, 0.25) is 0 Å². The molecule has 0 unspecified atom stereocenters. The standard InChI is InChI=1S/C21H27N3O3S/c1-2-24(19-7-4-3-5-8-19)16-6-15-22-21(25)17-9-13-20(14-10-17)28(26,27)23-18-11-12-18/h3-5,7-10,13-14,18,23H,2,6,11-12,15-16H2,1H3,(H,22,25). The fraction of sp³-hybridized carbons (Fsp3) is 0.381. The number of nitrogens with one attached hydrogen (secondary N) is 2. The Balaban J connectivity index is 1.47. The third kappa shape index (κ3) is 5.56. The number of benzene rings is 2. The maximum atomic E-state index is 12.3. The van der Waals surface area contributed by atoms with Crippen molar-refractivity contribution in [2.24, 2.45) is 0 Å². The lowest BCUT2D eigenvalue weighted by atomic mass is 10.2. The second-order valence-electron chi connectivity index (χ2n) is 6.94. The van der Waals surface area contributed by atoms with Gasteiger partial charge in [-0.2, -0.15) is 0 Å². The van der Waals surface area contributed by atoms with Crippen LogP contribution in [0.1, 0.15) is 36.5 Å². The maximum Gasteiger partial charge on any atom is 0.251 e. The minimum atomic E-state index is -3.49. The number of anilines is 1. The largest absolute Gasteiger partial charge is 0.372 e. The average Bonchev–Trinajstić information content (AvgIpc) is 3.52. The van der Waals surface area contributed by atoms with E-state index in [2.05, 4.69) is 34.0 Å². The molecule has 7 heteroatoms. The highest BCUT2D eigenvalue weighted by Crippen LogP contribution is 2.22. The smallest absolute Gasteiger partial charge is 0.251 e. The summed E-state index contributed by atoms with van der Waals surface area (Å²) < 4.78 is 27.0. The Kier molecular flexibility index (Phi) is 6.70. The molecular weight excluding hydrogens is 374 g/mol. The summed E-state index contributed by atoms with van der Waals surface area (Å²) in [5.74, 6) is -0.193. The topological polar surface area (TPSA) is 78.5 Å². The molecular formula is C21H27N3O3S. The van der Waals surface area contributed by atoms with E-state index >= 15 is 0 Å². The van der Waals surface area contributed by atoms with Gasteiger partial charge in [0.1, 0.15) is 0 Å². The molecule has 2 aromatic rings. The van der Waals surface area contributed by atoms with Crippen molar-refractivity contribution in [3.05, 3.63) is 60.2 Å². The quantitative estimate of drug-likeness (QED) is 0.600. The predicted molar refractivity (Wildman–Crippen MR) is 111 cm³/mol. The van der Waals surface area contributed by atoms with Crippen LogP contribution in [0.25, 0.3) is 0 Å². The van der Waals surface area contributed by atoms with Gasteiger partial charge in [0.15, 0.2) is 0 Å². The number of hydrogen-bond donors (Lipinski definition) is 2. The van der Waals surface area contributed by atoms with Crippen LogP contribution >= 0.6 is 0 Å². The number of sulfonamides is 1. The van der Waals surface area contributed by atoms with Gasteiger partial charge in [-0.05, 0) is 62.6 Å². The van der Waals surface area contributed by atoms with Gasteiger partial charge in [0, 0.05) is 36.9 Å². The van der Waals surface area contributed by atoms with E-state index in [-0.39, 0.29) is 16.8 Å². The number of nitrogens with zero attached hydrogens (tertiary/aromatic N) is 1. The molecule has 0 saturated heterocycles. The number of carbonyl (C=O) groups excluding carboxylic acids is 1. The number of amides is 1. The van der Waals surface area contributed by atoms with Crippen molar-refractivity contribution in [1.82, 2.24) is 10.0 Å². The van der Waals surface area contributed by atoms with Gasteiger partial charge in [-0.25, -0.2) is 13.1 Å². The van der Waals surface area contributed by atoms with Gasteiger partial charge in [-0.3, -0.25) is 4.79 Å². The molecule has 1 amide bonds. The fourth-order valence-corrected chi connectivity index (χ4v) is 4.26. The van der Waals surface area contributed by atoms with Crippen molar-refractivity contribution < 1.29 is 13.2 Å². The van der Waals surface area contributed by atoms with E-state index in [1.807, 2.05) is 18.2 Å². The van der Waals surface area contributed by atoms with E-state index in [1.54, 1.807) is 12.1 Å². The van der Waals surface area contributed by atoms with Crippen LogP contribution in [0.3, 0.4) is 0 Å². The third-order valence-electron chi connectivity index (χ3n) is 4.72. The fourth-order valence-electron chi connectivity index (χ4n) is 2.96. The van der Waals surface area contributed by atoms with Crippen molar-refractivity contribution in [3.8, 4) is 0 Å². The van der Waals surface area contributed by atoms with Crippen molar-refractivity contribution >= 4 is 21.6 Å². The van der Waals surface area contributed by atoms with E-state index in [0.717, 1.165) is 32.4 Å². The molecule has 2 aromatic carbocycles. The summed E-state index contributed by atoms with van der Waals surface area (Å²) in [4.78, 5) is 14.7. The van der Waals surface area contributed by atoms with E-state index < -0.39 is 10.0 Å². The summed E-state index contributed by atoms with van der Waals surface area (Å²) in [6.07, 6.45) is 2.60. The molecule has 1 saturated carbocycles. The summed E-state index contributed by atoms with van der Waals surface area (Å²) in [5, 5.41) is 2.90. The molecule has 150 valence electrons. The minimum absolute atomic E-state index is 0.0616. The molecule has 0 aromatic heterocycles. The minimum Gasteiger partial charge on any atom is -0.372 e. The van der Waals surface area contributed by atoms with Crippen LogP contribution in [-0.4, -0.2) is 40.0 Å². The molecule has 6 nitrogen and oxygen atoms in total. The van der Waals surface area contributed by atoms with Gasteiger partial charge in [-0.1, -0.05) is 18.2 Å². The maximum absolute atomic E-state index is 12.3. The zero-order chi connectivity index (χ0) is 20.0. The number of rotatable bonds is 10. The monoisotopic (exact) mass is 401 g/mol. The molecule has 0 radical (unpaired) electrons. The molecule has 28 heavy (non-hydrogen) atoms. The Morgan fingerprint density at radius 3 is 2.36 bits per heavy atom. The molecule has 1 fully saturated rings. The normalized spacial score (nSPS) is 13.9. The lowest BCUT2D eigenvalue weighted by Gasteiger charge is -2.23. The van der Waals surface area contributed by atoms with Gasteiger partial charge in [-0.15, -0.1) is 0 Å². The summed E-state index contributed by atoms with van der Waals surface area (Å²) in [6.45, 7) is 4.43. The van der Waals surface area contributed by atoms with Crippen molar-refractivity contribution in [2.75, 3.05) is 24.5 Å². The van der Waals surface area contributed by atoms with E-state index in [1.165, 1.54) is 17.8 Å². The molecule has 0 aliphatic heterocycles. The van der Waals surface area contributed by atoms with Crippen LogP contribution in [-0.2, 0) is 10.0 Å². The van der Waals surface area contributed by atoms with Gasteiger partial charge < -0.3 is 10.2 Å². The van der Waals surface area contributed by atoms with E-state index in [4.69, 9.17) is 0 Å². The molecule has 1 aliphatic rings. The first-order chi connectivity index (χ1) is 13.5. The highest BCUT2D eigenvalue weighted by molar-refractivity contribution is 7.89. The molecule has 1 aliphatic carbocycles. The first kappa shape index (κ1) is 20.4. The molecule has 0 spiro atoms. The van der Waals surface area contributed by atoms with Gasteiger partial charge in [0.05, 0.1) is 4.90 Å².